The van der Waals surface area contributed by atoms with Gasteiger partial charge in [-0.1, -0.05) is 12.1 Å². The molecule has 0 aliphatic heterocycles. The normalized spacial score (nSPS) is 31.2. The molecule has 3 atom stereocenters. The lowest BCUT2D eigenvalue weighted by Gasteiger charge is -2.21. The molecule has 2 saturated carbocycles. The molecule has 2 aliphatic rings. The Morgan fingerprint density at radius 2 is 1.67 bits per heavy atom. The highest BCUT2D eigenvalue weighted by molar-refractivity contribution is 5.30. The zero-order valence-electron chi connectivity index (χ0n) is 11.3. The molecular weight excluding hydrogens is 222 g/mol. The fraction of sp³-hybridized carbons (Fsp3) is 0.625. The lowest BCUT2D eigenvalue weighted by molar-refractivity contribution is 0.242. The Morgan fingerprint density at radius 3 is 2.22 bits per heavy atom. The lowest BCUT2D eigenvalue weighted by atomic mass is 9.90. The Morgan fingerprint density at radius 1 is 1.06 bits per heavy atom. The molecule has 2 heteroatoms. The van der Waals surface area contributed by atoms with Gasteiger partial charge in [-0.15, -0.1) is 0 Å². The number of rotatable bonds is 4. The summed E-state index contributed by atoms with van der Waals surface area (Å²) in [5.74, 6) is 3.65. The SMILES string of the molecule is CC(C)Oc1ccc(C(N)C2CC3CC3C2)cc1. The van der Waals surface area contributed by atoms with E-state index in [0.29, 0.717) is 5.92 Å². The average Bonchev–Trinajstić information content (AvgIpc) is 2.95. The van der Waals surface area contributed by atoms with Crippen molar-refractivity contribution in [3.05, 3.63) is 29.8 Å². The number of benzene rings is 1. The summed E-state index contributed by atoms with van der Waals surface area (Å²) in [7, 11) is 0. The highest BCUT2D eigenvalue weighted by Crippen LogP contribution is 2.56. The molecule has 0 spiro atoms. The van der Waals surface area contributed by atoms with E-state index in [1.54, 1.807) is 0 Å². The number of fused-ring (bicyclic) bond motifs is 1. The van der Waals surface area contributed by atoms with Crippen LogP contribution in [0.3, 0.4) is 0 Å². The van der Waals surface area contributed by atoms with Crippen LogP contribution in [0.4, 0.5) is 0 Å². The first-order valence-corrected chi connectivity index (χ1v) is 7.15. The van der Waals surface area contributed by atoms with E-state index in [1.807, 2.05) is 26.0 Å². The summed E-state index contributed by atoms with van der Waals surface area (Å²) in [6, 6.07) is 8.57. The van der Waals surface area contributed by atoms with E-state index in [0.717, 1.165) is 17.6 Å². The number of nitrogens with two attached hydrogens (primary N) is 1. The standard InChI is InChI=1S/C16H23NO/c1-10(2)18-15-5-3-11(4-6-15)16(17)14-8-12-7-13(12)9-14/h3-6,10,12-14,16H,7-9,17H2,1-2H3. The summed E-state index contributed by atoms with van der Waals surface area (Å²) in [5, 5.41) is 0. The second-order valence-electron chi connectivity index (χ2n) is 6.25. The summed E-state index contributed by atoms with van der Waals surface area (Å²) in [6.07, 6.45) is 4.38. The molecule has 2 aliphatic carbocycles. The van der Waals surface area contributed by atoms with Crippen LogP contribution in [0.15, 0.2) is 24.3 Å². The predicted molar refractivity (Wildman–Crippen MR) is 73.5 cm³/mol. The van der Waals surface area contributed by atoms with Gasteiger partial charge in [0.25, 0.3) is 0 Å². The Balaban J connectivity index is 1.64. The van der Waals surface area contributed by atoms with Crippen molar-refractivity contribution in [3.63, 3.8) is 0 Å². The molecule has 3 unspecified atom stereocenters. The van der Waals surface area contributed by atoms with Gasteiger partial charge in [-0.3, -0.25) is 0 Å². The molecule has 98 valence electrons. The maximum Gasteiger partial charge on any atom is 0.119 e. The van der Waals surface area contributed by atoms with Crippen molar-refractivity contribution in [2.24, 2.45) is 23.5 Å². The van der Waals surface area contributed by atoms with Crippen molar-refractivity contribution < 1.29 is 4.74 Å². The van der Waals surface area contributed by atoms with E-state index in [2.05, 4.69) is 12.1 Å². The summed E-state index contributed by atoms with van der Waals surface area (Å²) in [5.41, 5.74) is 7.66. The average molecular weight is 245 g/mol. The molecule has 0 amide bonds. The summed E-state index contributed by atoms with van der Waals surface area (Å²) >= 11 is 0. The topological polar surface area (TPSA) is 35.2 Å². The molecule has 1 aromatic rings. The van der Waals surface area contributed by atoms with Crippen LogP contribution in [-0.4, -0.2) is 6.10 Å². The van der Waals surface area contributed by atoms with Gasteiger partial charge in [0.15, 0.2) is 0 Å². The highest BCUT2D eigenvalue weighted by Gasteiger charge is 2.47. The minimum atomic E-state index is 0.214. The van der Waals surface area contributed by atoms with Gasteiger partial charge in [0.2, 0.25) is 0 Å². The molecule has 0 saturated heterocycles. The van der Waals surface area contributed by atoms with Crippen LogP contribution in [-0.2, 0) is 0 Å². The minimum absolute atomic E-state index is 0.214. The van der Waals surface area contributed by atoms with E-state index in [9.17, 15) is 0 Å². The Bertz CT molecular complexity index is 402. The monoisotopic (exact) mass is 245 g/mol. The first-order chi connectivity index (χ1) is 8.63. The summed E-state index contributed by atoms with van der Waals surface area (Å²) in [4.78, 5) is 0. The zero-order valence-corrected chi connectivity index (χ0v) is 11.3. The molecule has 18 heavy (non-hydrogen) atoms. The molecule has 2 fully saturated rings. The first kappa shape index (κ1) is 12.0. The second kappa shape index (κ2) is 4.58. The molecule has 1 aromatic carbocycles. The maximum absolute atomic E-state index is 6.39. The fourth-order valence-electron chi connectivity index (χ4n) is 3.37. The Labute approximate surface area is 110 Å². The Kier molecular flexibility index (Phi) is 3.06. The van der Waals surface area contributed by atoms with Crippen LogP contribution in [0.1, 0.15) is 44.7 Å². The Hall–Kier alpha value is -1.02. The van der Waals surface area contributed by atoms with Crippen LogP contribution >= 0.6 is 0 Å². The van der Waals surface area contributed by atoms with E-state index in [1.165, 1.54) is 24.8 Å². The van der Waals surface area contributed by atoms with Gasteiger partial charge >= 0.3 is 0 Å². The van der Waals surface area contributed by atoms with Gasteiger partial charge < -0.3 is 10.5 Å². The van der Waals surface area contributed by atoms with Crippen LogP contribution in [0.25, 0.3) is 0 Å². The van der Waals surface area contributed by atoms with Gasteiger partial charge in [-0.25, -0.2) is 0 Å². The van der Waals surface area contributed by atoms with Crippen molar-refractivity contribution in [1.82, 2.24) is 0 Å². The third kappa shape index (κ3) is 2.39. The van der Waals surface area contributed by atoms with Crippen molar-refractivity contribution in [1.29, 1.82) is 0 Å². The minimum Gasteiger partial charge on any atom is -0.491 e. The van der Waals surface area contributed by atoms with Crippen molar-refractivity contribution >= 4 is 0 Å². The summed E-state index contributed by atoms with van der Waals surface area (Å²) in [6.45, 7) is 4.09. The molecule has 3 rings (SSSR count). The lowest BCUT2D eigenvalue weighted by Crippen LogP contribution is -2.20. The van der Waals surface area contributed by atoms with Gasteiger partial charge in [-0.05, 0) is 68.6 Å². The summed E-state index contributed by atoms with van der Waals surface area (Å²) < 4.78 is 5.66. The van der Waals surface area contributed by atoms with Gasteiger partial charge in [0.1, 0.15) is 5.75 Å². The van der Waals surface area contributed by atoms with Crippen LogP contribution in [0.2, 0.25) is 0 Å². The molecule has 0 aromatic heterocycles. The van der Waals surface area contributed by atoms with Crippen LogP contribution in [0.5, 0.6) is 5.75 Å². The fourth-order valence-corrected chi connectivity index (χ4v) is 3.37. The number of hydrogen-bond acceptors (Lipinski definition) is 2. The molecule has 2 N–H and O–H groups in total. The van der Waals surface area contributed by atoms with Crippen molar-refractivity contribution in [3.8, 4) is 5.75 Å². The predicted octanol–water partition coefficient (Wildman–Crippen LogP) is 3.52. The van der Waals surface area contributed by atoms with Gasteiger partial charge in [0.05, 0.1) is 6.10 Å². The van der Waals surface area contributed by atoms with Gasteiger partial charge in [0, 0.05) is 6.04 Å². The quantitative estimate of drug-likeness (QED) is 0.881. The smallest absolute Gasteiger partial charge is 0.119 e. The van der Waals surface area contributed by atoms with E-state index in [-0.39, 0.29) is 12.1 Å². The highest BCUT2D eigenvalue weighted by atomic mass is 16.5. The molecular formula is C16H23NO. The van der Waals surface area contributed by atoms with E-state index >= 15 is 0 Å². The second-order valence-corrected chi connectivity index (χ2v) is 6.25. The van der Waals surface area contributed by atoms with Gasteiger partial charge in [-0.2, -0.15) is 0 Å². The number of hydrogen-bond donors (Lipinski definition) is 1. The van der Waals surface area contributed by atoms with E-state index in [4.69, 9.17) is 10.5 Å². The molecule has 0 bridgehead atoms. The maximum atomic E-state index is 6.39. The van der Waals surface area contributed by atoms with Crippen molar-refractivity contribution in [2.75, 3.05) is 0 Å². The van der Waals surface area contributed by atoms with Crippen molar-refractivity contribution in [2.45, 2.75) is 45.3 Å². The van der Waals surface area contributed by atoms with Crippen LogP contribution in [0, 0.1) is 17.8 Å². The van der Waals surface area contributed by atoms with E-state index < -0.39 is 0 Å². The third-order valence-electron chi connectivity index (χ3n) is 4.42. The third-order valence-corrected chi connectivity index (χ3v) is 4.42. The zero-order chi connectivity index (χ0) is 12.7. The van der Waals surface area contributed by atoms with Crippen LogP contribution < -0.4 is 10.5 Å². The first-order valence-electron chi connectivity index (χ1n) is 7.15. The largest absolute Gasteiger partial charge is 0.491 e. The molecule has 2 nitrogen and oxygen atoms in total. The number of ether oxygens (including phenoxy) is 1. The molecule has 0 heterocycles. The molecule has 0 radical (unpaired) electrons.